The summed E-state index contributed by atoms with van der Waals surface area (Å²) in [5.41, 5.74) is 0. The molecule has 0 aromatic carbocycles. The SMILES string of the molecule is C[C@@H](NCC1CCCCCC1)C1CCCC1. The van der Waals surface area contributed by atoms with Gasteiger partial charge in [0.15, 0.2) is 0 Å². The monoisotopic (exact) mass is 223 g/mol. The molecule has 1 N–H and O–H groups in total. The minimum absolute atomic E-state index is 0.769. The Kier molecular flexibility index (Phi) is 5.15. The van der Waals surface area contributed by atoms with Crippen LogP contribution in [-0.2, 0) is 0 Å². The molecule has 2 rings (SSSR count). The summed E-state index contributed by atoms with van der Waals surface area (Å²) in [6.07, 6.45) is 14.8. The van der Waals surface area contributed by atoms with Crippen molar-refractivity contribution in [3.05, 3.63) is 0 Å². The van der Waals surface area contributed by atoms with E-state index in [4.69, 9.17) is 0 Å². The van der Waals surface area contributed by atoms with E-state index in [1.165, 1.54) is 70.8 Å². The summed E-state index contributed by atoms with van der Waals surface area (Å²) in [6.45, 7) is 3.70. The van der Waals surface area contributed by atoms with Crippen molar-refractivity contribution < 1.29 is 0 Å². The van der Waals surface area contributed by atoms with Crippen molar-refractivity contribution in [1.29, 1.82) is 0 Å². The van der Waals surface area contributed by atoms with Gasteiger partial charge in [0.25, 0.3) is 0 Å². The molecule has 2 aliphatic carbocycles. The molecule has 0 aromatic rings. The molecule has 1 nitrogen and oxygen atoms in total. The maximum Gasteiger partial charge on any atom is 0.00671 e. The molecule has 0 saturated heterocycles. The Labute approximate surface area is 101 Å². The molecule has 0 bridgehead atoms. The van der Waals surface area contributed by atoms with E-state index in [2.05, 4.69) is 12.2 Å². The molecule has 0 unspecified atom stereocenters. The normalized spacial score (nSPS) is 26.8. The second kappa shape index (κ2) is 6.64. The molecule has 16 heavy (non-hydrogen) atoms. The van der Waals surface area contributed by atoms with Gasteiger partial charge in [-0.05, 0) is 51.0 Å². The second-order valence-electron chi connectivity index (χ2n) is 6.10. The van der Waals surface area contributed by atoms with Crippen LogP contribution < -0.4 is 5.32 Å². The molecule has 0 radical (unpaired) electrons. The lowest BCUT2D eigenvalue weighted by Crippen LogP contribution is -2.35. The fourth-order valence-corrected chi connectivity index (χ4v) is 3.54. The summed E-state index contributed by atoms with van der Waals surface area (Å²) < 4.78 is 0. The predicted molar refractivity (Wildman–Crippen MR) is 70.6 cm³/mol. The lowest BCUT2D eigenvalue weighted by Gasteiger charge is -2.23. The van der Waals surface area contributed by atoms with Crippen molar-refractivity contribution in [2.24, 2.45) is 11.8 Å². The van der Waals surface area contributed by atoms with E-state index in [0.717, 1.165) is 17.9 Å². The van der Waals surface area contributed by atoms with Crippen molar-refractivity contribution in [1.82, 2.24) is 5.32 Å². The molecule has 0 aliphatic heterocycles. The fourth-order valence-electron chi connectivity index (χ4n) is 3.54. The minimum Gasteiger partial charge on any atom is -0.314 e. The van der Waals surface area contributed by atoms with Gasteiger partial charge in [-0.1, -0.05) is 38.5 Å². The highest BCUT2D eigenvalue weighted by molar-refractivity contribution is 4.78. The van der Waals surface area contributed by atoms with Crippen LogP contribution in [0, 0.1) is 11.8 Å². The topological polar surface area (TPSA) is 12.0 Å². The molecule has 1 atom stereocenters. The Morgan fingerprint density at radius 3 is 2.06 bits per heavy atom. The van der Waals surface area contributed by atoms with Crippen molar-refractivity contribution in [2.45, 2.75) is 77.2 Å². The Balaban J connectivity index is 1.64. The first kappa shape index (κ1) is 12.4. The van der Waals surface area contributed by atoms with E-state index in [0.29, 0.717) is 0 Å². The van der Waals surface area contributed by atoms with E-state index < -0.39 is 0 Å². The number of hydrogen-bond donors (Lipinski definition) is 1. The fraction of sp³-hybridized carbons (Fsp3) is 1.00. The maximum absolute atomic E-state index is 3.82. The van der Waals surface area contributed by atoms with Crippen molar-refractivity contribution in [3.63, 3.8) is 0 Å². The van der Waals surface area contributed by atoms with Gasteiger partial charge in [-0.25, -0.2) is 0 Å². The molecule has 94 valence electrons. The predicted octanol–water partition coefficient (Wildman–Crippen LogP) is 4.13. The van der Waals surface area contributed by atoms with Crippen molar-refractivity contribution >= 4 is 0 Å². The average molecular weight is 223 g/mol. The van der Waals surface area contributed by atoms with Gasteiger partial charge in [0.05, 0.1) is 0 Å². The van der Waals surface area contributed by atoms with Gasteiger partial charge in [0.2, 0.25) is 0 Å². The quantitative estimate of drug-likeness (QED) is 0.707. The summed E-state index contributed by atoms with van der Waals surface area (Å²) >= 11 is 0. The highest BCUT2D eigenvalue weighted by Crippen LogP contribution is 2.28. The number of rotatable bonds is 4. The molecule has 2 fully saturated rings. The lowest BCUT2D eigenvalue weighted by molar-refractivity contribution is 0.336. The third-order valence-electron chi connectivity index (χ3n) is 4.81. The van der Waals surface area contributed by atoms with Crippen molar-refractivity contribution in [3.8, 4) is 0 Å². The molecule has 2 aliphatic rings. The Morgan fingerprint density at radius 1 is 0.875 bits per heavy atom. The van der Waals surface area contributed by atoms with Gasteiger partial charge in [-0.3, -0.25) is 0 Å². The summed E-state index contributed by atoms with van der Waals surface area (Å²) in [5.74, 6) is 1.96. The molecule has 0 amide bonds. The third-order valence-corrected chi connectivity index (χ3v) is 4.81. The Morgan fingerprint density at radius 2 is 1.44 bits per heavy atom. The molecule has 2 saturated carbocycles. The van der Waals surface area contributed by atoms with E-state index in [9.17, 15) is 0 Å². The third kappa shape index (κ3) is 3.76. The molecule has 0 heterocycles. The first-order valence-corrected chi connectivity index (χ1v) is 7.59. The summed E-state index contributed by atoms with van der Waals surface area (Å²) in [7, 11) is 0. The Hall–Kier alpha value is -0.0400. The Bertz CT molecular complexity index is 174. The van der Waals surface area contributed by atoms with Gasteiger partial charge >= 0.3 is 0 Å². The molecule has 0 aromatic heterocycles. The van der Waals surface area contributed by atoms with Crippen LogP contribution in [0.25, 0.3) is 0 Å². The first-order valence-electron chi connectivity index (χ1n) is 7.59. The van der Waals surface area contributed by atoms with Gasteiger partial charge in [0, 0.05) is 6.04 Å². The van der Waals surface area contributed by atoms with Gasteiger partial charge in [-0.15, -0.1) is 0 Å². The van der Waals surface area contributed by atoms with Crippen LogP contribution in [0.4, 0.5) is 0 Å². The minimum atomic E-state index is 0.769. The van der Waals surface area contributed by atoms with Crippen LogP contribution in [0.2, 0.25) is 0 Å². The second-order valence-corrected chi connectivity index (χ2v) is 6.10. The number of nitrogens with one attached hydrogen (secondary N) is 1. The highest BCUT2D eigenvalue weighted by Gasteiger charge is 2.22. The van der Waals surface area contributed by atoms with Crippen LogP contribution in [0.15, 0.2) is 0 Å². The van der Waals surface area contributed by atoms with Crippen molar-refractivity contribution in [2.75, 3.05) is 6.54 Å². The van der Waals surface area contributed by atoms with Gasteiger partial charge < -0.3 is 5.32 Å². The summed E-state index contributed by atoms with van der Waals surface area (Å²) in [5, 5.41) is 3.82. The van der Waals surface area contributed by atoms with E-state index in [-0.39, 0.29) is 0 Å². The summed E-state index contributed by atoms with van der Waals surface area (Å²) in [6, 6.07) is 0.769. The van der Waals surface area contributed by atoms with Crippen LogP contribution in [-0.4, -0.2) is 12.6 Å². The van der Waals surface area contributed by atoms with Gasteiger partial charge in [0.1, 0.15) is 0 Å². The van der Waals surface area contributed by atoms with Crippen LogP contribution in [0.1, 0.15) is 71.1 Å². The molecular weight excluding hydrogens is 194 g/mol. The van der Waals surface area contributed by atoms with Crippen LogP contribution in [0.3, 0.4) is 0 Å². The summed E-state index contributed by atoms with van der Waals surface area (Å²) in [4.78, 5) is 0. The average Bonchev–Trinajstić information content (AvgIpc) is 2.71. The first-order chi connectivity index (χ1) is 7.86. The zero-order chi connectivity index (χ0) is 11.2. The maximum atomic E-state index is 3.82. The molecule has 0 spiro atoms. The zero-order valence-electron chi connectivity index (χ0n) is 11.0. The van der Waals surface area contributed by atoms with Gasteiger partial charge in [-0.2, -0.15) is 0 Å². The zero-order valence-corrected chi connectivity index (χ0v) is 11.0. The van der Waals surface area contributed by atoms with E-state index in [1.54, 1.807) is 0 Å². The van der Waals surface area contributed by atoms with Crippen LogP contribution in [0.5, 0.6) is 0 Å². The largest absolute Gasteiger partial charge is 0.314 e. The highest BCUT2D eigenvalue weighted by atomic mass is 14.9. The van der Waals surface area contributed by atoms with Crippen LogP contribution >= 0.6 is 0 Å². The van der Waals surface area contributed by atoms with E-state index in [1.807, 2.05) is 0 Å². The lowest BCUT2D eigenvalue weighted by atomic mass is 9.96. The number of hydrogen-bond acceptors (Lipinski definition) is 1. The molecule has 1 heteroatoms. The molecular formula is C15H29N. The standard InChI is InChI=1S/C15H29N/c1-13(15-10-6-7-11-15)16-12-14-8-4-2-3-5-9-14/h13-16H,2-12H2,1H3/t13-/m1/s1. The smallest absolute Gasteiger partial charge is 0.00671 e. The van der Waals surface area contributed by atoms with E-state index >= 15 is 0 Å².